The molecule has 1 aliphatic heterocycles. The van der Waals surface area contributed by atoms with E-state index in [-0.39, 0.29) is 12.5 Å². The van der Waals surface area contributed by atoms with Gasteiger partial charge in [0.25, 0.3) is 5.91 Å². The number of ether oxygens (including phenoxy) is 1. The average Bonchev–Trinajstić information content (AvgIpc) is 2.91. The summed E-state index contributed by atoms with van der Waals surface area (Å²) in [6, 6.07) is 7.55. The number of thioether (sulfide) groups is 1. The summed E-state index contributed by atoms with van der Waals surface area (Å²) in [6.45, 7) is 4.07. The van der Waals surface area contributed by atoms with Crippen molar-refractivity contribution in [2.45, 2.75) is 31.3 Å². The number of nitrogens with zero attached hydrogens (tertiary/aromatic N) is 1. The number of amides is 1. The normalized spacial score (nSPS) is 22.4. The van der Waals surface area contributed by atoms with E-state index in [4.69, 9.17) is 4.74 Å². The molecule has 1 aromatic rings. The Labute approximate surface area is 134 Å². The van der Waals surface area contributed by atoms with Crippen LogP contribution in [-0.4, -0.2) is 47.3 Å². The minimum absolute atomic E-state index is 0.168. The second-order valence-electron chi connectivity index (χ2n) is 5.81. The first-order chi connectivity index (χ1) is 10.4. The number of carbonyl (C=O) groups excluding carboxylic acids is 1. The van der Waals surface area contributed by atoms with E-state index in [9.17, 15) is 14.7 Å². The molecule has 1 saturated heterocycles. The Balaban J connectivity index is 1.96. The van der Waals surface area contributed by atoms with Crippen LogP contribution in [0.5, 0.6) is 5.75 Å². The lowest BCUT2D eigenvalue weighted by molar-refractivity contribution is -0.147. The van der Waals surface area contributed by atoms with Gasteiger partial charge in [0, 0.05) is 18.0 Å². The largest absolute Gasteiger partial charge is 0.481 e. The van der Waals surface area contributed by atoms with Gasteiger partial charge in [0.2, 0.25) is 0 Å². The molecule has 0 aromatic heterocycles. The maximum absolute atomic E-state index is 12.4. The highest BCUT2D eigenvalue weighted by atomic mass is 32.2. The van der Waals surface area contributed by atoms with Gasteiger partial charge in [-0.2, -0.15) is 0 Å². The van der Waals surface area contributed by atoms with Crippen molar-refractivity contribution in [2.75, 3.05) is 19.3 Å². The summed E-state index contributed by atoms with van der Waals surface area (Å²) in [5.74, 6) is -0.387. The van der Waals surface area contributed by atoms with E-state index in [2.05, 4.69) is 0 Å². The van der Waals surface area contributed by atoms with Crippen molar-refractivity contribution in [2.24, 2.45) is 5.41 Å². The van der Waals surface area contributed by atoms with Crippen molar-refractivity contribution in [1.29, 1.82) is 0 Å². The molecule has 5 nitrogen and oxygen atoms in total. The Hall–Kier alpha value is -1.69. The van der Waals surface area contributed by atoms with Crippen LogP contribution in [0.4, 0.5) is 0 Å². The second-order valence-corrected chi connectivity index (χ2v) is 6.69. The van der Waals surface area contributed by atoms with Crippen molar-refractivity contribution in [3.63, 3.8) is 0 Å². The van der Waals surface area contributed by atoms with E-state index >= 15 is 0 Å². The predicted octanol–water partition coefficient (Wildman–Crippen LogP) is 2.50. The molecule has 0 aliphatic carbocycles. The minimum Gasteiger partial charge on any atom is -0.481 e. The summed E-state index contributed by atoms with van der Waals surface area (Å²) >= 11 is 1.64. The number of carbonyl (C=O) groups is 2. The van der Waals surface area contributed by atoms with Gasteiger partial charge in [0.05, 0.1) is 5.41 Å². The first-order valence-corrected chi connectivity index (χ1v) is 8.41. The standard InChI is InChI=1S/C16H21NO4S/c1-11(21-12-4-6-13(22-3)7-5-12)14(18)17-9-8-16(2,10-17)15(19)20/h4-7,11H,8-10H2,1-3H3,(H,19,20). The Morgan fingerprint density at radius 1 is 1.36 bits per heavy atom. The molecule has 2 atom stereocenters. The summed E-state index contributed by atoms with van der Waals surface area (Å²) in [7, 11) is 0. The number of hydrogen-bond donors (Lipinski definition) is 1. The van der Waals surface area contributed by atoms with E-state index in [1.807, 2.05) is 30.5 Å². The summed E-state index contributed by atoms with van der Waals surface area (Å²) in [4.78, 5) is 26.3. The maximum atomic E-state index is 12.4. The molecule has 2 rings (SSSR count). The second kappa shape index (κ2) is 6.60. The number of carboxylic acids is 1. The first-order valence-electron chi connectivity index (χ1n) is 7.18. The molecular formula is C16H21NO4S. The first kappa shape index (κ1) is 16.7. The molecule has 1 amide bonds. The third-order valence-corrected chi connectivity index (χ3v) is 4.76. The van der Waals surface area contributed by atoms with Crippen LogP contribution in [0.2, 0.25) is 0 Å². The van der Waals surface area contributed by atoms with Crippen LogP contribution >= 0.6 is 11.8 Å². The van der Waals surface area contributed by atoms with Gasteiger partial charge in [-0.1, -0.05) is 0 Å². The molecule has 1 aliphatic rings. The van der Waals surface area contributed by atoms with Crippen LogP contribution in [0.1, 0.15) is 20.3 Å². The summed E-state index contributed by atoms with van der Waals surface area (Å²) in [5, 5.41) is 9.22. The van der Waals surface area contributed by atoms with Crippen LogP contribution in [0.15, 0.2) is 29.2 Å². The monoisotopic (exact) mass is 323 g/mol. The highest BCUT2D eigenvalue weighted by molar-refractivity contribution is 7.98. The van der Waals surface area contributed by atoms with Crippen LogP contribution in [-0.2, 0) is 9.59 Å². The Kier molecular flexibility index (Phi) is 5.01. The number of likely N-dealkylation sites (tertiary alicyclic amines) is 1. The van der Waals surface area contributed by atoms with Gasteiger partial charge in [-0.25, -0.2) is 0 Å². The number of hydrogen-bond acceptors (Lipinski definition) is 4. The molecule has 0 spiro atoms. The van der Waals surface area contributed by atoms with Crippen LogP contribution in [0, 0.1) is 5.41 Å². The Morgan fingerprint density at radius 2 is 2.00 bits per heavy atom. The van der Waals surface area contributed by atoms with E-state index in [1.165, 1.54) is 0 Å². The third kappa shape index (κ3) is 3.55. The predicted molar refractivity (Wildman–Crippen MR) is 85.3 cm³/mol. The van der Waals surface area contributed by atoms with Gasteiger partial charge in [-0.05, 0) is 50.8 Å². The van der Waals surface area contributed by atoms with Crippen molar-refractivity contribution < 1.29 is 19.4 Å². The van der Waals surface area contributed by atoms with Crippen LogP contribution in [0.25, 0.3) is 0 Å². The molecule has 0 radical (unpaired) electrons. The molecular weight excluding hydrogens is 302 g/mol. The molecule has 0 bridgehead atoms. The lowest BCUT2D eigenvalue weighted by Crippen LogP contribution is -2.41. The highest BCUT2D eigenvalue weighted by Gasteiger charge is 2.43. The van der Waals surface area contributed by atoms with Crippen molar-refractivity contribution in [3.8, 4) is 5.75 Å². The molecule has 0 saturated carbocycles. The molecule has 1 fully saturated rings. The van der Waals surface area contributed by atoms with E-state index in [0.29, 0.717) is 18.7 Å². The van der Waals surface area contributed by atoms with Crippen molar-refractivity contribution in [3.05, 3.63) is 24.3 Å². The number of rotatable bonds is 5. The molecule has 1 heterocycles. The molecule has 6 heteroatoms. The van der Waals surface area contributed by atoms with E-state index < -0.39 is 17.5 Å². The molecule has 22 heavy (non-hydrogen) atoms. The third-order valence-electron chi connectivity index (χ3n) is 4.02. The Morgan fingerprint density at radius 3 is 2.50 bits per heavy atom. The van der Waals surface area contributed by atoms with Gasteiger partial charge in [-0.15, -0.1) is 11.8 Å². The van der Waals surface area contributed by atoms with Crippen LogP contribution < -0.4 is 4.74 Å². The van der Waals surface area contributed by atoms with Gasteiger partial charge in [0.15, 0.2) is 6.10 Å². The van der Waals surface area contributed by atoms with Gasteiger partial charge in [-0.3, -0.25) is 9.59 Å². The smallest absolute Gasteiger partial charge is 0.311 e. The zero-order valence-electron chi connectivity index (χ0n) is 13.0. The van der Waals surface area contributed by atoms with E-state index in [0.717, 1.165) is 4.90 Å². The van der Waals surface area contributed by atoms with Crippen molar-refractivity contribution in [1.82, 2.24) is 4.90 Å². The zero-order chi connectivity index (χ0) is 16.3. The number of aliphatic carboxylic acids is 1. The van der Waals surface area contributed by atoms with Crippen molar-refractivity contribution >= 4 is 23.6 Å². The summed E-state index contributed by atoms with van der Waals surface area (Å²) < 4.78 is 5.67. The quantitative estimate of drug-likeness (QED) is 0.843. The van der Waals surface area contributed by atoms with Crippen LogP contribution in [0.3, 0.4) is 0 Å². The fraction of sp³-hybridized carbons (Fsp3) is 0.500. The fourth-order valence-electron chi connectivity index (χ4n) is 2.49. The lowest BCUT2D eigenvalue weighted by Gasteiger charge is -2.23. The topological polar surface area (TPSA) is 66.8 Å². The molecule has 120 valence electrons. The lowest BCUT2D eigenvalue weighted by atomic mass is 9.90. The molecule has 2 unspecified atom stereocenters. The average molecular weight is 323 g/mol. The van der Waals surface area contributed by atoms with Gasteiger partial charge in [0.1, 0.15) is 5.75 Å². The Bertz CT molecular complexity index is 560. The van der Waals surface area contributed by atoms with Gasteiger partial charge >= 0.3 is 5.97 Å². The molecule has 1 N–H and O–H groups in total. The van der Waals surface area contributed by atoms with Gasteiger partial charge < -0.3 is 14.7 Å². The number of benzene rings is 1. The number of carboxylic acid groups (broad SMARTS) is 1. The summed E-state index contributed by atoms with van der Waals surface area (Å²) in [5.41, 5.74) is -0.852. The highest BCUT2D eigenvalue weighted by Crippen LogP contribution is 2.30. The maximum Gasteiger partial charge on any atom is 0.311 e. The SMILES string of the molecule is CSc1ccc(OC(C)C(=O)N2CCC(C)(C(=O)O)C2)cc1. The fourth-order valence-corrected chi connectivity index (χ4v) is 2.90. The van der Waals surface area contributed by atoms with E-state index in [1.54, 1.807) is 30.5 Å². The molecule has 1 aromatic carbocycles. The minimum atomic E-state index is -0.857. The zero-order valence-corrected chi connectivity index (χ0v) is 13.9. The summed E-state index contributed by atoms with van der Waals surface area (Å²) in [6.07, 6.45) is 1.84.